The molecule has 0 bridgehead atoms. The number of carbonyl (C=O) groups excluding carboxylic acids is 2. The summed E-state index contributed by atoms with van der Waals surface area (Å²) in [6.07, 6.45) is 1.99. The summed E-state index contributed by atoms with van der Waals surface area (Å²) in [5, 5.41) is 11.4. The van der Waals surface area contributed by atoms with Gasteiger partial charge in [-0.25, -0.2) is 0 Å². The van der Waals surface area contributed by atoms with E-state index in [1.54, 1.807) is 6.07 Å². The number of anilines is 1. The highest BCUT2D eigenvalue weighted by atomic mass is 16.3. The molecule has 0 aromatic heterocycles. The second-order valence-corrected chi connectivity index (χ2v) is 7.60. The average Bonchev–Trinajstić information content (AvgIpc) is 3.13. The van der Waals surface area contributed by atoms with Gasteiger partial charge in [-0.1, -0.05) is 12.1 Å². The minimum Gasteiger partial charge on any atom is -0.394 e. The van der Waals surface area contributed by atoms with E-state index in [1.165, 1.54) is 4.90 Å². The lowest BCUT2D eigenvalue weighted by molar-refractivity contribution is 0.0601. The molecule has 1 fully saturated rings. The second-order valence-electron chi connectivity index (χ2n) is 7.60. The Labute approximate surface area is 159 Å². The van der Waals surface area contributed by atoms with Crippen LogP contribution in [0.25, 0.3) is 10.8 Å². The number of nitrogens with zero attached hydrogens (tertiary/aromatic N) is 3. The van der Waals surface area contributed by atoms with Crippen LogP contribution < -0.4 is 4.90 Å². The summed E-state index contributed by atoms with van der Waals surface area (Å²) in [7, 11) is 3.85. The van der Waals surface area contributed by atoms with Crippen molar-refractivity contribution in [1.82, 2.24) is 9.80 Å². The Morgan fingerprint density at radius 3 is 2.56 bits per heavy atom. The smallest absolute Gasteiger partial charge is 0.261 e. The third kappa shape index (κ3) is 2.89. The van der Waals surface area contributed by atoms with E-state index in [-0.39, 0.29) is 24.5 Å². The molecule has 2 aliphatic heterocycles. The predicted molar refractivity (Wildman–Crippen MR) is 105 cm³/mol. The number of hydrogen-bond acceptors (Lipinski definition) is 5. The maximum Gasteiger partial charge on any atom is 0.261 e. The van der Waals surface area contributed by atoms with Crippen molar-refractivity contribution in [3.05, 3.63) is 41.5 Å². The Kier molecular flexibility index (Phi) is 4.61. The Bertz CT molecular complexity index is 887. The molecule has 1 saturated heterocycles. The maximum atomic E-state index is 13.0. The maximum absolute atomic E-state index is 13.0. The molecule has 1 N–H and O–H groups in total. The van der Waals surface area contributed by atoms with Gasteiger partial charge in [0.2, 0.25) is 0 Å². The number of imide groups is 1. The number of aliphatic hydroxyl groups excluding tert-OH is 1. The van der Waals surface area contributed by atoms with Crippen LogP contribution in [-0.4, -0.2) is 73.1 Å². The van der Waals surface area contributed by atoms with Gasteiger partial charge < -0.3 is 14.9 Å². The summed E-state index contributed by atoms with van der Waals surface area (Å²) in [6, 6.07) is 9.56. The summed E-state index contributed by atoms with van der Waals surface area (Å²) >= 11 is 0. The molecule has 2 aromatic carbocycles. The van der Waals surface area contributed by atoms with Crippen LogP contribution in [0.2, 0.25) is 0 Å². The number of amides is 2. The van der Waals surface area contributed by atoms with E-state index in [0.717, 1.165) is 35.8 Å². The third-order valence-corrected chi connectivity index (χ3v) is 5.64. The zero-order valence-electron chi connectivity index (χ0n) is 15.8. The Morgan fingerprint density at radius 1 is 1.11 bits per heavy atom. The van der Waals surface area contributed by atoms with Crippen molar-refractivity contribution in [3.8, 4) is 0 Å². The van der Waals surface area contributed by atoms with Crippen LogP contribution in [0.3, 0.4) is 0 Å². The van der Waals surface area contributed by atoms with Gasteiger partial charge >= 0.3 is 0 Å². The summed E-state index contributed by atoms with van der Waals surface area (Å²) < 4.78 is 0. The first kappa shape index (κ1) is 17.9. The molecule has 0 unspecified atom stereocenters. The van der Waals surface area contributed by atoms with E-state index in [0.29, 0.717) is 24.2 Å². The zero-order valence-corrected chi connectivity index (χ0v) is 15.8. The van der Waals surface area contributed by atoms with Gasteiger partial charge in [0.25, 0.3) is 11.8 Å². The summed E-state index contributed by atoms with van der Waals surface area (Å²) in [6.45, 7) is 1.99. The van der Waals surface area contributed by atoms with Crippen molar-refractivity contribution in [3.63, 3.8) is 0 Å². The van der Waals surface area contributed by atoms with Crippen LogP contribution in [0.1, 0.15) is 33.6 Å². The Balaban J connectivity index is 1.82. The minimum atomic E-state index is -0.225. The van der Waals surface area contributed by atoms with Crippen LogP contribution in [-0.2, 0) is 0 Å². The number of carbonyl (C=O) groups is 2. The average molecular weight is 367 g/mol. The van der Waals surface area contributed by atoms with Crippen molar-refractivity contribution in [2.24, 2.45) is 0 Å². The minimum absolute atomic E-state index is 0.0913. The van der Waals surface area contributed by atoms with Gasteiger partial charge in [-0.3, -0.25) is 14.5 Å². The van der Waals surface area contributed by atoms with Gasteiger partial charge in [0.15, 0.2) is 0 Å². The van der Waals surface area contributed by atoms with E-state index in [2.05, 4.69) is 4.90 Å². The molecule has 142 valence electrons. The molecular formula is C21H25N3O3. The first-order valence-electron chi connectivity index (χ1n) is 9.47. The van der Waals surface area contributed by atoms with Gasteiger partial charge in [0.05, 0.1) is 12.6 Å². The lowest BCUT2D eigenvalue weighted by Gasteiger charge is -2.31. The molecule has 2 amide bonds. The van der Waals surface area contributed by atoms with Crippen LogP contribution in [0.15, 0.2) is 30.3 Å². The molecule has 0 radical (unpaired) electrons. The van der Waals surface area contributed by atoms with Gasteiger partial charge in [0, 0.05) is 47.2 Å². The number of rotatable bonds is 5. The summed E-state index contributed by atoms with van der Waals surface area (Å²) in [5.74, 6) is -0.450. The normalized spacial score (nSPS) is 19.6. The quantitative estimate of drug-likeness (QED) is 0.819. The number of likely N-dealkylation sites (N-methyl/N-ethyl adjacent to an activating group) is 1. The van der Waals surface area contributed by atoms with Crippen LogP contribution in [0.4, 0.5) is 5.69 Å². The van der Waals surface area contributed by atoms with Gasteiger partial charge in [-0.2, -0.15) is 0 Å². The highest BCUT2D eigenvalue weighted by Crippen LogP contribution is 2.38. The largest absolute Gasteiger partial charge is 0.394 e. The SMILES string of the molecule is CN(C)CCN1C(=O)c2cccc3c(N4CCC[C@@H]4CO)ccc(c23)C1=O. The predicted octanol–water partition coefficient (Wildman–Crippen LogP) is 1.96. The topological polar surface area (TPSA) is 64.1 Å². The molecule has 0 saturated carbocycles. The molecule has 27 heavy (non-hydrogen) atoms. The molecule has 6 nitrogen and oxygen atoms in total. The molecule has 1 atom stereocenters. The monoisotopic (exact) mass is 367 g/mol. The van der Waals surface area contributed by atoms with Crippen molar-refractivity contribution < 1.29 is 14.7 Å². The first-order valence-corrected chi connectivity index (χ1v) is 9.47. The van der Waals surface area contributed by atoms with E-state index in [9.17, 15) is 14.7 Å². The zero-order chi connectivity index (χ0) is 19.1. The summed E-state index contributed by atoms with van der Waals surface area (Å²) in [5.41, 5.74) is 2.17. The molecule has 2 aromatic rings. The highest BCUT2D eigenvalue weighted by molar-refractivity contribution is 6.26. The number of hydrogen-bond donors (Lipinski definition) is 1. The lowest BCUT2D eigenvalue weighted by Crippen LogP contribution is -2.43. The van der Waals surface area contributed by atoms with E-state index < -0.39 is 0 Å². The van der Waals surface area contributed by atoms with E-state index >= 15 is 0 Å². The number of benzene rings is 2. The fraction of sp³-hybridized carbons (Fsp3) is 0.429. The fourth-order valence-corrected chi connectivity index (χ4v) is 4.23. The molecule has 2 aliphatic rings. The molecule has 0 spiro atoms. The molecule has 6 heteroatoms. The standard InChI is InChI=1S/C21H25N3O3/c1-22(2)11-12-24-20(26)16-7-3-6-15-18(23-10-4-5-14(23)13-25)9-8-17(19(15)16)21(24)27/h3,6-9,14,25H,4-5,10-13H2,1-2H3/t14-/m1/s1. The van der Waals surface area contributed by atoms with E-state index in [1.807, 2.05) is 43.3 Å². The van der Waals surface area contributed by atoms with Gasteiger partial charge in [-0.15, -0.1) is 0 Å². The van der Waals surface area contributed by atoms with Gasteiger partial charge in [-0.05, 0) is 45.1 Å². The number of aliphatic hydroxyl groups is 1. The van der Waals surface area contributed by atoms with Crippen molar-refractivity contribution in [2.75, 3.05) is 45.2 Å². The molecule has 0 aliphatic carbocycles. The first-order chi connectivity index (χ1) is 13.0. The fourth-order valence-electron chi connectivity index (χ4n) is 4.23. The summed E-state index contributed by atoms with van der Waals surface area (Å²) in [4.78, 5) is 31.5. The van der Waals surface area contributed by atoms with Crippen molar-refractivity contribution in [1.29, 1.82) is 0 Å². The van der Waals surface area contributed by atoms with Crippen LogP contribution in [0.5, 0.6) is 0 Å². The van der Waals surface area contributed by atoms with Crippen molar-refractivity contribution in [2.45, 2.75) is 18.9 Å². The highest BCUT2D eigenvalue weighted by Gasteiger charge is 2.34. The van der Waals surface area contributed by atoms with Crippen LogP contribution in [0, 0.1) is 0 Å². The van der Waals surface area contributed by atoms with Gasteiger partial charge in [0.1, 0.15) is 0 Å². The van der Waals surface area contributed by atoms with Crippen LogP contribution >= 0.6 is 0 Å². The molecular weight excluding hydrogens is 342 g/mol. The Morgan fingerprint density at radius 2 is 1.85 bits per heavy atom. The second kappa shape index (κ2) is 6.94. The molecule has 4 rings (SSSR count). The lowest BCUT2D eigenvalue weighted by atomic mass is 9.92. The Hall–Kier alpha value is -2.44. The third-order valence-electron chi connectivity index (χ3n) is 5.64. The van der Waals surface area contributed by atoms with Crippen molar-refractivity contribution >= 4 is 28.3 Å². The van der Waals surface area contributed by atoms with E-state index in [4.69, 9.17) is 0 Å². The molecule has 2 heterocycles.